The van der Waals surface area contributed by atoms with Gasteiger partial charge in [0.1, 0.15) is 4.88 Å². The lowest BCUT2D eigenvalue weighted by Gasteiger charge is -2.12. The molecule has 20 heavy (non-hydrogen) atoms. The lowest BCUT2D eigenvalue weighted by Crippen LogP contribution is -2.31. The van der Waals surface area contributed by atoms with Crippen molar-refractivity contribution in [3.8, 4) is 0 Å². The summed E-state index contributed by atoms with van der Waals surface area (Å²) >= 11 is 1.16. The number of ether oxygens (including phenoxy) is 1. The molecular formula is C15H23NO3S. The Morgan fingerprint density at radius 1 is 1.25 bits per heavy atom. The van der Waals surface area contributed by atoms with Crippen molar-refractivity contribution < 1.29 is 14.3 Å². The van der Waals surface area contributed by atoms with Crippen LogP contribution in [0.5, 0.6) is 0 Å². The summed E-state index contributed by atoms with van der Waals surface area (Å²) in [5.74, 6) is -0.519. The Bertz CT molecular complexity index is 442. The van der Waals surface area contributed by atoms with Crippen molar-refractivity contribution in [1.29, 1.82) is 0 Å². The summed E-state index contributed by atoms with van der Waals surface area (Å²) in [6.07, 6.45) is 5.79. The molecule has 1 atom stereocenters. The number of carbonyl (C=O) groups is 2. The molecule has 0 saturated heterocycles. The highest BCUT2D eigenvalue weighted by atomic mass is 32.1. The van der Waals surface area contributed by atoms with Gasteiger partial charge < -0.3 is 10.1 Å². The highest BCUT2D eigenvalue weighted by molar-refractivity contribution is 7.15. The number of carbonyl (C=O) groups excluding carboxylic acids is 2. The third kappa shape index (κ3) is 5.33. The minimum atomic E-state index is -0.401. The maximum absolute atomic E-state index is 12.0. The molecule has 4 nitrogen and oxygen atoms in total. The van der Waals surface area contributed by atoms with E-state index in [1.54, 1.807) is 12.1 Å². The SMILES string of the molecule is CCCCCCC(C)NC(=O)c1ccc(C(=O)OC)s1. The van der Waals surface area contributed by atoms with Gasteiger partial charge in [0.2, 0.25) is 0 Å². The zero-order chi connectivity index (χ0) is 15.0. The lowest BCUT2D eigenvalue weighted by atomic mass is 10.1. The van der Waals surface area contributed by atoms with Gasteiger partial charge in [0.25, 0.3) is 5.91 Å². The van der Waals surface area contributed by atoms with E-state index in [0.717, 1.165) is 24.2 Å². The molecule has 0 aromatic carbocycles. The molecule has 1 aromatic heterocycles. The van der Waals surface area contributed by atoms with Gasteiger partial charge in [0.15, 0.2) is 0 Å². The van der Waals surface area contributed by atoms with Crippen LogP contribution < -0.4 is 5.32 Å². The summed E-state index contributed by atoms with van der Waals surface area (Å²) < 4.78 is 4.63. The Balaban J connectivity index is 2.41. The van der Waals surface area contributed by atoms with E-state index in [1.165, 1.54) is 26.4 Å². The van der Waals surface area contributed by atoms with Gasteiger partial charge >= 0.3 is 5.97 Å². The Kier molecular flexibility index (Phi) is 7.30. The van der Waals surface area contributed by atoms with E-state index in [0.29, 0.717) is 9.75 Å². The number of rotatable bonds is 8. The van der Waals surface area contributed by atoms with Crippen LogP contribution in [0.4, 0.5) is 0 Å². The van der Waals surface area contributed by atoms with E-state index in [2.05, 4.69) is 17.0 Å². The Labute approximate surface area is 124 Å². The number of thiophene rings is 1. The van der Waals surface area contributed by atoms with Crippen molar-refractivity contribution >= 4 is 23.2 Å². The number of hydrogen-bond donors (Lipinski definition) is 1. The van der Waals surface area contributed by atoms with Gasteiger partial charge in [0, 0.05) is 6.04 Å². The first-order valence-electron chi connectivity index (χ1n) is 7.07. The van der Waals surface area contributed by atoms with Crippen LogP contribution in [-0.4, -0.2) is 25.0 Å². The summed E-state index contributed by atoms with van der Waals surface area (Å²) in [7, 11) is 1.33. The van der Waals surface area contributed by atoms with Gasteiger partial charge in [-0.3, -0.25) is 4.79 Å². The number of amides is 1. The van der Waals surface area contributed by atoms with E-state index < -0.39 is 5.97 Å². The van der Waals surface area contributed by atoms with Gasteiger partial charge in [0.05, 0.1) is 12.0 Å². The Morgan fingerprint density at radius 3 is 2.60 bits per heavy atom. The second-order valence-corrected chi connectivity index (χ2v) is 5.96. The molecule has 0 aliphatic rings. The fourth-order valence-electron chi connectivity index (χ4n) is 1.91. The second kappa shape index (κ2) is 8.74. The fourth-order valence-corrected chi connectivity index (χ4v) is 2.74. The molecule has 0 bridgehead atoms. The number of nitrogens with one attached hydrogen (secondary N) is 1. The third-order valence-electron chi connectivity index (χ3n) is 3.08. The average Bonchev–Trinajstić information content (AvgIpc) is 2.92. The molecule has 0 spiro atoms. The molecule has 5 heteroatoms. The third-order valence-corrected chi connectivity index (χ3v) is 4.15. The van der Waals surface area contributed by atoms with E-state index in [-0.39, 0.29) is 11.9 Å². The predicted molar refractivity (Wildman–Crippen MR) is 81.3 cm³/mol. The summed E-state index contributed by atoms with van der Waals surface area (Å²) in [5.41, 5.74) is 0. The minimum absolute atomic E-state index is 0.117. The molecule has 0 aliphatic carbocycles. The molecule has 1 N–H and O–H groups in total. The van der Waals surface area contributed by atoms with Crippen LogP contribution in [0, 0.1) is 0 Å². The van der Waals surface area contributed by atoms with Crippen LogP contribution >= 0.6 is 11.3 Å². The van der Waals surface area contributed by atoms with Crippen molar-refractivity contribution in [1.82, 2.24) is 5.32 Å². The van der Waals surface area contributed by atoms with Crippen LogP contribution in [0.15, 0.2) is 12.1 Å². The Morgan fingerprint density at radius 2 is 1.95 bits per heavy atom. The number of unbranched alkanes of at least 4 members (excludes halogenated alkanes) is 3. The normalized spacial score (nSPS) is 11.9. The zero-order valence-electron chi connectivity index (χ0n) is 12.4. The smallest absolute Gasteiger partial charge is 0.348 e. The molecule has 0 radical (unpaired) electrons. The first-order valence-corrected chi connectivity index (χ1v) is 7.89. The van der Waals surface area contributed by atoms with Crippen molar-refractivity contribution in [3.05, 3.63) is 21.9 Å². The highest BCUT2D eigenvalue weighted by Gasteiger charge is 2.15. The van der Waals surface area contributed by atoms with Crippen molar-refractivity contribution in [2.75, 3.05) is 7.11 Å². The number of esters is 1. The van der Waals surface area contributed by atoms with Crippen molar-refractivity contribution in [2.24, 2.45) is 0 Å². The molecule has 1 unspecified atom stereocenters. The van der Waals surface area contributed by atoms with Gasteiger partial charge in [-0.25, -0.2) is 4.79 Å². The molecule has 1 rings (SSSR count). The summed E-state index contributed by atoms with van der Waals surface area (Å²) in [5, 5.41) is 2.96. The summed E-state index contributed by atoms with van der Waals surface area (Å²) in [6, 6.07) is 3.44. The molecule has 1 heterocycles. The molecule has 112 valence electrons. The Hall–Kier alpha value is -1.36. The summed E-state index contributed by atoms with van der Waals surface area (Å²) in [6.45, 7) is 4.19. The van der Waals surface area contributed by atoms with E-state index in [4.69, 9.17) is 0 Å². The molecule has 0 aliphatic heterocycles. The van der Waals surface area contributed by atoms with Crippen molar-refractivity contribution in [3.63, 3.8) is 0 Å². The first-order chi connectivity index (χ1) is 9.58. The highest BCUT2D eigenvalue weighted by Crippen LogP contribution is 2.17. The largest absolute Gasteiger partial charge is 0.465 e. The lowest BCUT2D eigenvalue weighted by molar-refractivity contribution is 0.0606. The average molecular weight is 297 g/mol. The molecule has 0 fully saturated rings. The molecule has 1 amide bonds. The van der Waals surface area contributed by atoms with E-state index >= 15 is 0 Å². The molecule has 1 aromatic rings. The maximum atomic E-state index is 12.0. The molecule has 0 saturated carbocycles. The number of hydrogen-bond acceptors (Lipinski definition) is 4. The standard InChI is InChI=1S/C15H23NO3S/c1-4-5-6-7-8-11(2)16-14(17)12-9-10-13(20-12)15(18)19-3/h9-11H,4-8H2,1-3H3,(H,16,17). The van der Waals surface area contributed by atoms with Gasteiger partial charge in [-0.05, 0) is 25.5 Å². The second-order valence-electron chi connectivity index (χ2n) is 4.88. The van der Waals surface area contributed by atoms with E-state index in [9.17, 15) is 9.59 Å². The van der Waals surface area contributed by atoms with Gasteiger partial charge in [-0.2, -0.15) is 0 Å². The monoisotopic (exact) mass is 297 g/mol. The van der Waals surface area contributed by atoms with Crippen LogP contribution in [-0.2, 0) is 4.74 Å². The molecular weight excluding hydrogens is 274 g/mol. The fraction of sp³-hybridized carbons (Fsp3) is 0.600. The van der Waals surface area contributed by atoms with Crippen LogP contribution in [0.2, 0.25) is 0 Å². The maximum Gasteiger partial charge on any atom is 0.348 e. The van der Waals surface area contributed by atoms with E-state index in [1.807, 2.05) is 6.92 Å². The first kappa shape index (κ1) is 16.7. The van der Waals surface area contributed by atoms with Crippen molar-refractivity contribution in [2.45, 2.75) is 52.0 Å². The topological polar surface area (TPSA) is 55.4 Å². The van der Waals surface area contributed by atoms with Crippen LogP contribution in [0.1, 0.15) is 65.3 Å². The van der Waals surface area contributed by atoms with Crippen LogP contribution in [0.25, 0.3) is 0 Å². The van der Waals surface area contributed by atoms with Gasteiger partial charge in [-0.1, -0.05) is 32.6 Å². The predicted octanol–water partition coefficient (Wildman–Crippen LogP) is 3.62. The summed E-state index contributed by atoms with van der Waals surface area (Å²) in [4.78, 5) is 24.3. The quantitative estimate of drug-likeness (QED) is 0.589. The van der Waals surface area contributed by atoms with Crippen LogP contribution in [0.3, 0.4) is 0 Å². The minimum Gasteiger partial charge on any atom is -0.465 e. The van der Waals surface area contributed by atoms with Gasteiger partial charge in [-0.15, -0.1) is 11.3 Å². The number of methoxy groups -OCH3 is 1. The zero-order valence-corrected chi connectivity index (χ0v) is 13.2.